The Morgan fingerprint density at radius 1 is 1.21 bits per heavy atom. The van der Waals surface area contributed by atoms with E-state index in [-0.39, 0.29) is 18.4 Å². The van der Waals surface area contributed by atoms with Crippen molar-refractivity contribution >= 4 is 17.7 Å². The van der Waals surface area contributed by atoms with Gasteiger partial charge in [-0.25, -0.2) is 0 Å². The van der Waals surface area contributed by atoms with Gasteiger partial charge in [0.25, 0.3) is 11.8 Å². The molecule has 3 N–H and O–H groups in total. The number of rotatable bonds is 4. The minimum Gasteiger partial charge on any atom is -0.350 e. The highest BCUT2D eigenvalue weighted by Gasteiger charge is 2.34. The van der Waals surface area contributed by atoms with E-state index in [0.717, 1.165) is 5.56 Å². The largest absolute Gasteiger partial charge is 0.350 e. The molecule has 0 radical (unpaired) electrons. The molecule has 1 unspecified atom stereocenters. The van der Waals surface area contributed by atoms with Gasteiger partial charge in [-0.15, -0.1) is 0 Å². The second-order valence-corrected chi connectivity index (χ2v) is 4.44. The van der Waals surface area contributed by atoms with E-state index in [1.54, 1.807) is 0 Å². The van der Waals surface area contributed by atoms with Crippen LogP contribution in [0.4, 0.5) is 0 Å². The zero-order valence-corrected chi connectivity index (χ0v) is 10.5. The summed E-state index contributed by atoms with van der Waals surface area (Å²) in [6, 6.07) is 9.30. The molecule has 1 atom stereocenters. The molecular weight excluding hydrogens is 246 g/mol. The third-order valence-corrected chi connectivity index (χ3v) is 3.01. The van der Waals surface area contributed by atoms with Crippen LogP contribution >= 0.6 is 0 Å². The standard InChI is InChI=1S/C13H15N3O3/c1-8(9-5-3-2-4-6-9)14-11(17)7-10-12(18)15-16-13(10)19/h2-6,8,10H,7H2,1H3,(H,14,17)(H,15,18)(H,16,19). The van der Waals surface area contributed by atoms with Gasteiger partial charge in [0.15, 0.2) is 0 Å². The summed E-state index contributed by atoms with van der Waals surface area (Å²) in [4.78, 5) is 34.4. The van der Waals surface area contributed by atoms with Gasteiger partial charge in [0, 0.05) is 6.42 Å². The molecule has 3 amide bonds. The molecule has 1 aromatic rings. The topological polar surface area (TPSA) is 87.3 Å². The monoisotopic (exact) mass is 261 g/mol. The zero-order chi connectivity index (χ0) is 13.8. The highest BCUT2D eigenvalue weighted by atomic mass is 16.2. The van der Waals surface area contributed by atoms with E-state index in [1.165, 1.54) is 0 Å². The van der Waals surface area contributed by atoms with Crippen LogP contribution < -0.4 is 16.2 Å². The van der Waals surface area contributed by atoms with Crippen LogP contribution in [-0.2, 0) is 14.4 Å². The number of amides is 3. The Labute approximate surface area is 110 Å². The highest BCUT2D eigenvalue weighted by molar-refractivity contribution is 6.07. The summed E-state index contributed by atoms with van der Waals surface area (Å²) in [6.45, 7) is 1.85. The first-order valence-corrected chi connectivity index (χ1v) is 6.02. The first-order chi connectivity index (χ1) is 9.08. The van der Waals surface area contributed by atoms with Gasteiger partial charge in [-0.2, -0.15) is 0 Å². The Morgan fingerprint density at radius 3 is 2.37 bits per heavy atom. The number of hydrogen-bond acceptors (Lipinski definition) is 3. The van der Waals surface area contributed by atoms with E-state index in [2.05, 4.69) is 16.2 Å². The summed E-state index contributed by atoms with van der Waals surface area (Å²) in [5.41, 5.74) is 5.35. The number of hydrogen-bond donors (Lipinski definition) is 3. The first-order valence-electron chi connectivity index (χ1n) is 6.02. The Bertz CT molecular complexity index is 485. The predicted octanol–water partition coefficient (Wildman–Crippen LogP) is 0.0311. The number of benzene rings is 1. The van der Waals surface area contributed by atoms with E-state index in [9.17, 15) is 14.4 Å². The molecule has 6 heteroatoms. The lowest BCUT2D eigenvalue weighted by molar-refractivity contribution is -0.133. The van der Waals surface area contributed by atoms with Crippen molar-refractivity contribution in [3.63, 3.8) is 0 Å². The third-order valence-electron chi connectivity index (χ3n) is 3.01. The molecule has 1 aliphatic rings. The van der Waals surface area contributed by atoms with Crippen LogP contribution in [0.25, 0.3) is 0 Å². The van der Waals surface area contributed by atoms with Gasteiger partial charge in [0.2, 0.25) is 5.91 Å². The minimum absolute atomic E-state index is 0.144. The molecule has 0 aliphatic carbocycles. The van der Waals surface area contributed by atoms with Gasteiger partial charge < -0.3 is 5.32 Å². The van der Waals surface area contributed by atoms with Crippen LogP contribution in [0.2, 0.25) is 0 Å². The van der Waals surface area contributed by atoms with Crippen molar-refractivity contribution in [1.29, 1.82) is 0 Å². The van der Waals surface area contributed by atoms with E-state index >= 15 is 0 Å². The quantitative estimate of drug-likeness (QED) is 0.668. The molecule has 1 saturated heterocycles. The van der Waals surface area contributed by atoms with E-state index in [4.69, 9.17) is 0 Å². The van der Waals surface area contributed by atoms with Crippen LogP contribution in [0, 0.1) is 5.92 Å². The minimum atomic E-state index is -0.942. The van der Waals surface area contributed by atoms with Gasteiger partial charge >= 0.3 is 0 Å². The fraction of sp³-hybridized carbons (Fsp3) is 0.308. The Morgan fingerprint density at radius 2 is 1.79 bits per heavy atom. The van der Waals surface area contributed by atoms with Crippen molar-refractivity contribution in [3.05, 3.63) is 35.9 Å². The zero-order valence-electron chi connectivity index (χ0n) is 10.5. The normalized spacial score (nSPS) is 16.7. The highest BCUT2D eigenvalue weighted by Crippen LogP contribution is 2.13. The Balaban J connectivity index is 1.91. The summed E-state index contributed by atoms with van der Waals surface area (Å²) >= 11 is 0. The molecule has 0 saturated carbocycles. The van der Waals surface area contributed by atoms with E-state index in [0.29, 0.717) is 0 Å². The van der Waals surface area contributed by atoms with Crippen LogP contribution in [0.3, 0.4) is 0 Å². The second-order valence-electron chi connectivity index (χ2n) is 4.44. The summed E-state index contributed by atoms with van der Waals surface area (Å²) in [5.74, 6) is -2.20. The lowest BCUT2D eigenvalue weighted by atomic mass is 10.0. The molecular formula is C13H15N3O3. The predicted molar refractivity (Wildman–Crippen MR) is 67.4 cm³/mol. The molecule has 1 aromatic carbocycles. The molecule has 0 aromatic heterocycles. The second kappa shape index (κ2) is 5.51. The SMILES string of the molecule is CC(NC(=O)CC1C(=O)NNC1=O)c1ccccc1. The maximum atomic E-state index is 11.8. The lowest BCUT2D eigenvalue weighted by Crippen LogP contribution is -2.32. The molecule has 6 nitrogen and oxygen atoms in total. The average molecular weight is 261 g/mol. The maximum Gasteiger partial charge on any atom is 0.251 e. The van der Waals surface area contributed by atoms with Gasteiger partial charge in [-0.3, -0.25) is 25.2 Å². The molecule has 19 heavy (non-hydrogen) atoms. The number of carbonyl (C=O) groups excluding carboxylic acids is 3. The maximum absolute atomic E-state index is 11.8. The first kappa shape index (κ1) is 13.1. The van der Waals surface area contributed by atoms with E-state index in [1.807, 2.05) is 37.3 Å². The summed E-state index contributed by atoms with van der Waals surface area (Å²) < 4.78 is 0. The van der Waals surface area contributed by atoms with Crippen LogP contribution in [0.1, 0.15) is 24.9 Å². The molecule has 100 valence electrons. The summed E-state index contributed by atoms with van der Waals surface area (Å²) in [7, 11) is 0. The van der Waals surface area contributed by atoms with Crippen LogP contribution in [0.5, 0.6) is 0 Å². The fourth-order valence-corrected chi connectivity index (χ4v) is 1.91. The molecule has 0 bridgehead atoms. The number of hydrazine groups is 1. The average Bonchev–Trinajstić information content (AvgIpc) is 2.71. The van der Waals surface area contributed by atoms with Crippen molar-refractivity contribution in [1.82, 2.24) is 16.2 Å². The summed E-state index contributed by atoms with van der Waals surface area (Å²) in [5, 5.41) is 2.77. The van der Waals surface area contributed by atoms with Gasteiger partial charge in [-0.1, -0.05) is 30.3 Å². The van der Waals surface area contributed by atoms with Crippen LogP contribution in [0.15, 0.2) is 30.3 Å². The van der Waals surface area contributed by atoms with Crippen molar-refractivity contribution in [3.8, 4) is 0 Å². The van der Waals surface area contributed by atoms with E-state index < -0.39 is 17.7 Å². The number of carbonyl (C=O) groups is 3. The molecule has 1 heterocycles. The van der Waals surface area contributed by atoms with Crippen molar-refractivity contribution in [2.24, 2.45) is 5.92 Å². The van der Waals surface area contributed by atoms with Crippen molar-refractivity contribution in [2.75, 3.05) is 0 Å². The molecule has 1 fully saturated rings. The molecule has 1 aliphatic heterocycles. The Kier molecular flexibility index (Phi) is 3.79. The molecule has 2 rings (SSSR count). The van der Waals surface area contributed by atoms with Crippen molar-refractivity contribution in [2.45, 2.75) is 19.4 Å². The Hall–Kier alpha value is -2.37. The lowest BCUT2D eigenvalue weighted by Gasteiger charge is -2.14. The smallest absolute Gasteiger partial charge is 0.251 e. The van der Waals surface area contributed by atoms with Gasteiger partial charge in [-0.05, 0) is 12.5 Å². The number of nitrogens with one attached hydrogen (secondary N) is 3. The fourth-order valence-electron chi connectivity index (χ4n) is 1.91. The van der Waals surface area contributed by atoms with Crippen molar-refractivity contribution < 1.29 is 14.4 Å². The third kappa shape index (κ3) is 3.09. The van der Waals surface area contributed by atoms with Gasteiger partial charge in [0.05, 0.1) is 6.04 Å². The van der Waals surface area contributed by atoms with Gasteiger partial charge in [0.1, 0.15) is 5.92 Å². The summed E-state index contributed by atoms with van der Waals surface area (Å²) in [6.07, 6.45) is -0.144. The van der Waals surface area contributed by atoms with Crippen LogP contribution in [-0.4, -0.2) is 17.7 Å². The molecule has 0 spiro atoms.